The zero-order chi connectivity index (χ0) is 12.3. The van der Waals surface area contributed by atoms with Gasteiger partial charge in [0.1, 0.15) is 0 Å². The molecule has 98 valence electrons. The van der Waals surface area contributed by atoms with Crippen molar-refractivity contribution in [2.75, 3.05) is 26.2 Å². The van der Waals surface area contributed by atoms with Crippen LogP contribution in [-0.2, 0) is 4.79 Å². The Morgan fingerprint density at radius 1 is 1.24 bits per heavy atom. The Bertz CT molecular complexity index is 252. The second-order valence-corrected chi connectivity index (χ2v) is 5.59. The molecule has 17 heavy (non-hydrogen) atoms. The number of hydrogen-bond acceptors (Lipinski definition) is 3. The van der Waals surface area contributed by atoms with Gasteiger partial charge in [-0.25, -0.2) is 0 Å². The Morgan fingerprint density at radius 2 is 1.94 bits per heavy atom. The minimum atomic E-state index is 0.146. The highest BCUT2D eigenvalue weighted by Crippen LogP contribution is 2.29. The third-order valence-corrected chi connectivity index (χ3v) is 4.37. The molecule has 1 saturated carbocycles. The van der Waals surface area contributed by atoms with Gasteiger partial charge < -0.3 is 10.0 Å². The van der Waals surface area contributed by atoms with E-state index in [1.165, 1.54) is 25.7 Å². The van der Waals surface area contributed by atoms with Gasteiger partial charge in [-0.3, -0.25) is 9.69 Å². The standard InChI is InChI=1S/C13H24N2O2/c1-11-2-4-12(5-3-11)15-7-6-14(10-17)8-13(15)9-16/h10-13,16H,2-9H2,1H3. The quantitative estimate of drug-likeness (QED) is 0.739. The molecule has 0 radical (unpaired) electrons. The van der Waals surface area contributed by atoms with E-state index in [0.29, 0.717) is 12.6 Å². The van der Waals surface area contributed by atoms with Gasteiger partial charge in [0.05, 0.1) is 12.6 Å². The SMILES string of the molecule is CC1CCC(N2CCN(C=O)CC2CO)CC1. The van der Waals surface area contributed by atoms with Crippen molar-refractivity contribution in [2.45, 2.75) is 44.7 Å². The first-order valence-corrected chi connectivity index (χ1v) is 6.80. The van der Waals surface area contributed by atoms with Crippen molar-refractivity contribution in [2.24, 2.45) is 5.92 Å². The van der Waals surface area contributed by atoms with Gasteiger partial charge >= 0.3 is 0 Å². The number of piperazine rings is 1. The summed E-state index contributed by atoms with van der Waals surface area (Å²) in [7, 11) is 0. The monoisotopic (exact) mass is 240 g/mol. The maximum absolute atomic E-state index is 10.8. The van der Waals surface area contributed by atoms with Gasteiger partial charge in [-0.15, -0.1) is 0 Å². The fourth-order valence-electron chi connectivity index (χ4n) is 3.21. The first-order chi connectivity index (χ1) is 8.24. The molecular formula is C13H24N2O2. The van der Waals surface area contributed by atoms with Crippen LogP contribution in [0.1, 0.15) is 32.6 Å². The van der Waals surface area contributed by atoms with E-state index in [0.717, 1.165) is 25.4 Å². The van der Waals surface area contributed by atoms with Crippen molar-refractivity contribution in [1.82, 2.24) is 9.80 Å². The zero-order valence-corrected chi connectivity index (χ0v) is 10.7. The third-order valence-electron chi connectivity index (χ3n) is 4.37. The molecule has 4 heteroatoms. The van der Waals surface area contributed by atoms with E-state index in [9.17, 15) is 9.90 Å². The molecule has 1 amide bonds. The van der Waals surface area contributed by atoms with Crippen molar-refractivity contribution >= 4 is 6.41 Å². The summed E-state index contributed by atoms with van der Waals surface area (Å²) in [5.74, 6) is 0.857. The van der Waals surface area contributed by atoms with E-state index < -0.39 is 0 Å². The fraction of sp³-hybridized carbons (Fsp3) is 0.923. The van der Waals surface area contributed by atoms with Crippen molar-refractivity contribution < 1.29 is 9.90 Å². The van der Waals surface area contributed by atoms with Crippen LogP contribution in [0.25, 0.3) is 0 Å². The summed E-state index contributed by atoms with van der Waals surface area (Å²) in [5, 5.41) is 9.47. The number of carbonyl (C=O) groups is 1. The number of rotatable bonds is 3. The van der Waals surface area contributed by atoms with Crippen molar-refractivity contribution in [3.05, 3.63) is 0 Å². The summed E-state index contributed by atoms with van der Waals surface area (Å²) in [6.07, 6.45) is 6.01. The van der Waals surface area contributed by atoms with Crippen LogP contribution < -0.4 is 0 Å². The fourth-order valence-corrected chi connectivity index (χ4v) is 3.21. The molecule has 1 N–H and O–H groups in total. The van der Waals surface area contributed by atoms with Crippen LogP contribution in [-0.4, -0.2) is 59.6 Å². The van der Waals surface area contributed by atoms with E-state index in [2.05, 4.69) is 11.8 Å². The number of hydrogen-bond donors (Lipinski definition) is 1. The molecule has 0 aromatic carbocycles. The minimum Gasteiger partial charge on any atom is -0.395 e. The summed E-state index contributed by atoms with van der Waals surface area (Å²) >= 11 is 0. The largest absolute Gasteiger partial charge is 0.395 e. The summed E-state index contributed by atoms with van der Waals surface area (Å²) in [6.45, 7) is 4.90. The maximum atomic E-state index is 10.8. The first-order valence-electron chi connectivity index (χ1n) is 6.80. The highest BCUT2D eigenvalue weighted by molar-refractivity contribution is 5.47. The van der Waals surface area contributed by atoms with Gasteiger partial charge in [-0.2, -0.15) is 0 Å². The zero-order valence-electron chi connectivity index (χ0n) is 10.7. The molecule has 4 nitrogen and oxygen atoms in total. The first kappa shape index (κ1) is 12.8. The minimum absolute atomic E-state index is 0.146. The molecule has 0 spiro atoms. The third kappa shape index (κ3) is 2.99. The van der Waals surface area contributed by atoms with Crippen LogP contribution >= 0.6 is 0 Å². The van der Waals surface area contributed by atoms with Crippen molar-refractivity contribution in [3.63, 3.8) is 0 Å². The van der Waals surface area contributed by atoms with Crippen LogP contribution in [0.15, 0.2) is 0 Å². The topological polar surface area (TPSA) is 43.8 Å². The molecule has 1 atom stereocenters. The smallest absolute Gasteiger partial charge is 0.209 e. The highest BCUT2D eigenvalue weighted by atomic mass is 16.3. The molecule has 2 aliphatic rings. The molecule has 1 heterocycles. The number of aliphatic hydroxyl groups is 1. The summed E-state index contributed by atoms with van der Waals surface area (Å²) in [4.78, 5) is 15.0. The molecule has 1 aliphatic heterocycles. The van der Waals surface area contributed by atoms with Gasteiger partial charge in [-0.05, 0) is 31.6 Å². The van der Waals surface area contributed by atoms with Gasteiger partial charge in [-0.1, -0.05) is 6.92 Å². The second kappa shape index (κ2) is 5.83. The molecule has 2 fully saturated rings. The van der Waals surface area contributed by atoms with Gasteiger partial charge in [0, 0.05) is 25.7 Å². The van der Waals surface area contributed by atoms with Crippen LogP contribution in [0.3, 0.4) is 0 Å². The normalized spacial score (nSPS) is 35.9. The van der Waals surface area contributed by atoms with E-state index in [1.807, 2.05) is 0 Å². The second-order valence-electron chi connectivity index (χ2n) is 5.59. The van der Waals surface area contributed by atoms with E-state index in [1.54, 1.807) is 4.90 Å². The number of amides is 1. The molecule has 1 saturated heterocycles. The van der Waals surface area contributed by atoms with Gasteiger partial charge in [0.15, 0.2) is 0 Å². The lowest BCUT2D eigenvalue weighted by molar-refractivity contribution is -0.122. The Kier molecular flexibility index (Phi) is 4.40. The van der Waals surface area contributed by atoms with Crippen molar-refractivity contribution in [3.8, 4) is 0 Å². The van der Waals surface area contributed by atoms with Crippen LogP contribution in [0.4, 0.5) is 0 Å². The molecule has 1 aliphatic carbocycles. The summed E-state index contributed by atoms with van der Waals surface area (Å²) in [5.41, 5.74) is 0. The number of carbonyl (C=O) groups excluding carboxylic acids is 1. The van der Waals surface area contributed by atoms with E-state index >= 15 is 0 Å². The Labute approximate surface area is 104 Å². The Hall–Kier alpha value is -0.610. The lowest BCUT2D eigenvalue weighted by Crippen LogP contribution is -2.58. The molecule has 2 rings (SSSR count). The maximum Gasteiger partial charge on any atom is 0.209 e. The van der Waals surface area contributed by atoms with E-state index in [-0.39, 0.29) is 12.6 Å². The lowest BCUT2D eigenvalue weighted by Gasteiger charge is -2.45. The molecule has 0 bridgehead atoms. The summed E-state index contributed by atoms with van der Waals surface area (Å²) in [6, 6.07) is 0.768. The number of aliphatic hydroxyl groups excluding tert-OH is 1. The predicted octanol–water partition coefficient (Wildman–Crippen LogP) is 0.700. The van der Waals surface area contributed by atoms with Crippen LogP contribution in [0.5, 0.6) is 0 Å². The van der Waals surface area contributed by atoms with E-state index in [4.69, 9.17) is 0 Å². The highest BCUT2D eigenvalue weighted by Gasteiger charge is 2.32. The number of nitrogens with zero attached hydrogens (tertiary/aromatic N) is 2. The molecular weight excluding hydrogens is 216 g/mol. The van der Waals surface area contributed by atoms with Crippen LogP contribution in [0.2, 0.25) is 0 Å². The van der Waals surface area contributed by atoms with Crippen LogP contribution in [0, 0.1) is 5.92 Å². The lowest BCUT2D eigenvalue weighted by atomic mass is 9.85. The molecule has 1 unspecified atom stereocenters. The Morgan fingerprint density at radius 3 is 2.53 bits per heavy atom. The van der Waals surface area contributed by atoms with Crippen molar-refractivity contribution in [1.29, 1.82) is 0 Å². The Balaban J connectivity index is 1.93. The van der Waals surface area contributed by atoms with Gasteiger partial charge in [0.25, 0.3) is 0 Å². The predicted molar refractivity (Wildman–Crippen MR) is 66.6 cm³/mol. The molecule has 0 aromatic heterocycles. The molecule has 0 aromatic rings. The van der Waals surface area contributed by atoms with Gasteiger partial charge in [0.2, 0.25) is 6.41 Å². The average Bonchev–Trinajstić information content (AvgIpc) is 2.39. The average molecular weight is 240 g/mol. The summed E-state index contributed by atoms with van der Waals surface area (Å²) < 4.78 is 0.